The Kier molecular flexibility index (Phi) is 7.55. The van der Waals surface area contributed by atoms with Gasteiger partial charge in [0.2, 0.25) is 11.8 Å². The number of likely N-dealkylation sites (tertiary alicyclic amines) is 1. The monoisotopic (exact) mass is 430 g/mol. The summed E-state index contributed by atoms with van der Waals surface area (Å²) >= 11 is 1.91. The highest BCUT2D eigenvalue weighted by Gasteiger charge is 2.35. The van der Waals surface area contributed by atoms with Crippen molar-refractivity contribution < 1.29 is 9.59 Å². The van der Waals surface area contributed by atoms with Gasteiger partial charge in [-0.2, -0.15) is 11.8 Å². The van der Waals surface area contributed by atoms with Gasteiger partial charge in [-0.1, -0.05) is 12.8 Å². The van der Waals surface area contributed by atoms with Crippen molar-refractivity contribution in [2.24, 2.45) is 0 Å². The van der Waals surface area contributed by atoms with Crippen molar-refractivity contribution in [2.75, 3.05) is 61.0 Å². The summed E-state index contributed by atoms with van der Waals surface area (Å²) in [6.07, 6.45) is 6.99. The van der Waals surface area contributed by atoms with Crippen LogP contribution in [0.5, 0.6) is 0 Å². The quantitative estimate of drug-likeness (QED) is 0.778. The smallest absolute Gasteiger partial charge is 0.239 e. The predicted molar refractivity (Wildman–Crippen MR) is 124 cm³/mol. The topological polar surface area (TPSA) is 55.9 Å². The number of nitrogens with zero attached hydrogens (tertiary/aromatic N) is 3. The van der Waals surface area contributed by atoms with Crippen molar-refractivity contribution in [3.8, 4) is 0 Å². The largest absolute Gasteiger partial charge is 0.372 e. The van der Waals surface area contributed by atoms with Gasteiger partial charge in [0.15, 0.2) is 0 Å². The van der Waals surface area contributed by atoms with Gasteiger partial charge < -0.3 is 15.1 Å². The highest BCUT2D eigenvalue weighted by molar-refractivity contribution is 7.99. The molecule has 2 amide bonds. The summed E-state index contributed by atoms with van der Waals surface area (Å²) < 4.78 is 0. The van der Waals surface area contributed by atoms with E-state index in [-0.39, 0.29) is 24.4 Å². The first-order valence-corrected chi connectivity index (χ1v) is 12.6. The van der Waals surface area contributed by atoms with E-state index in [0.717, 1.165) is 62.8 Å². The van der Waals surface area contributed by atoms with Crippen LogP contribution in [-0.4, -0.2) is 78.4 Å². The van der Waals surface area contributed by atoms with Gasteiger partial charge >= 0.3 is 0 Å². The number of rotatable bonds is 5. The van der Waals surface area contributed by atoms with E-state index in [4.69, 9.17) is 0 Å². The Hall–Kier alpha value is -1.73. The summed E-state index contributed by atoms with van der Waals surface area (Å²) in [6.45, 7) is 5.01. The van der Waals surface area contributed by atoms with Gasteiger partial charge in [0, 0.05) is 49.1 Å². The van der Waals surface area contributed by atoms with Crippen LogP contribution >= 0.6 is 11.8 Å². The Labute approximate surface area is 184 Å². The summed E-state index contributed by atoms with van der Waals surface area (Å²) in [5.41, 5.74) is 2.06. The average Bonchev–Trinajstić information content (AvgIpc) is 3.05. The fourth-order valence-electron chi connectivity index (χ4n) is 4.76. The van der Waals surface area contributed by atoms with Crippen LogP contribution in [0.1, 0.15) is 38.5 Å². The molecular formula is C23H34N4O2S. The normalized spacial score (nSPS) is 23.3. The molecule has 4 rings (SSSR count). The molecule has 0 saturated carbocycles. The molecule has 1 atom stereocenters. The highest BCUT2D eigenvalue weighted by Crippen LogP contribution is 2.23. The molecule has 3 aliphatic heterocycles. The fraction of sp³-hybridized carbons (Fsp3) is 0.652. The molecule has 0 spiro atoms. The first-order chi connectivity index (χ1) is 14.7. The van der Waals surface area contributed by atoms with Crippen LogP contribution in [-0.2, 0) is 9.59 Å². The van der Waals surface area contributed by atoms with Crippen LogP contribution in [0.3, 0.4) is 0 Å². The van der Waals surface area contributed by atoms with Crippen LogP contribution in [0.2, 0.25) is 0 Å². The molecule has 7 heteroatoms. The summed E-state index contributed by atoms with van der Waals surface area (Å²) in [7, 11) is 0. The summed E-state index contributed by atoms with van der Waals surface area (Å²) in [4.78, 5) is 32.0. The number of anilines is 2. The SMILES string of the molecule is O=C(CN1CCCC1C(=O)N1CCSCC1)Nc1ccc(N2CCCCCC2)cc1. The van der Waals surface area contributed by atoms with Gasteiger partial charge in [-0.3, -0.25) is 14.5 Å². The molecule has 3 heterocycles. The summed E-state index contributed by atoms with van der Waals surface area (Å²) in [5.74, 6) is 2.22. The molecule has 3 fully saturated rings. The molecule has 0 radical (unpaired) electrons. The van der Waals surface area contributed by atoms with Crippen molar-refractivity contribution in [3.05, 3.63) is 24.3 Å². The van der Waals surface area contributed by atoms with E-state index >= 15 is 0 Å². The second-order valence-corrected chi connectivity index (χ2v) is 9.79. The van der Waals surface area contributed by atoms with Gasteiger partial charge in [-0.05, 0) is 56.5 Å². The maximum atomic E-state index is 12.9. The minimum absolute atomic E-state index is 0.0357. The van der Waals surface area contributed by atoms with Crippen molar-refractivity contribution in [1.29, 1.82) is 0 Å². The Morgan fingerprint density at radius 1 is 0.900 bits per heavy atom. The molecule has 1 aromatic rings. The number of amides is 2. The molecule has 0 bridgehead atoms. The average molecular weight is 431 g/mol. The number of thioether (sulfide) groups is 1. The molecule has 164 valence electrons. The number of nitrogens with one attached hydrogen (secondary N) is 1. The minimum atomic E-state index is -0.135. The molecular weight excluding hydrogens is 396 g/mol. The van der Waals surface area contributed by atoms with Crippen LogP contribution in [0.25, 0.3) is 0 Å². The third-order valence-electron chi connectivity index (χ3n) is 6.44. The second-order valence-electron chi connectivity index (χ2n) is 8.56. The van der Waals surface area contributed by atoms with Gasteiger partial charge in [0.1, 0.15) is 0 Å². The zero-order chi connectivity index (χ0) is 20.8. The molecule has 0 aliphatic carbocycles. The third-order valence-corrected chi connectivity index (χ3v) is 7.38. The Morgan fingerprint density at radius 3 is 2.30 bits per heavy atom. The van der Waals surface area contributed by atoms with Crippen molar-refractivity contribution in [3.63, 3.8) is 0 Å². The molecule has 6 nitrogen and oxygen atoms in total. The zero-order valence-electron chi connectivity index (χ0n) is 17.9. The van der Waals surface area contributed by atoms with E-state index in [0.29, 0.717) is 0 Å². The van der Waals surface area contributed by atoms with Crippen LogP contribution in [0, 0.1) is 0 Å². The van der Waals surface area contributed by atoms with Crippen LogP contribution < -0.4 is 10.2 Å². The Morgan fingerprint density at radius 2 is 1.60 bits per heavy atom. The molecule has 3 saturated heterocycles. The second kappa shape index (κ2) is 10.5. The van der Waals surface area contributed by atoms with E-state index in [9.17, 15) is 9.59 Å². The predicted octanol–water partition coefficient (Wildman–Crippen LogP) is 3.05. The lowest BCUT2D eigenvalue weighted by atomic mass is 10.2. The van der Waals surface area contributed by atoms with E-state index in [2.05, 4.69) is 27.2 Å². The van der Waals surface area contributed by atoms with Crippen LogP contribution in [0.15, 0.2) is 24.3 Å². The lowest BCUT2D eigenvalue weighted by Gasteiger charge is -2.32. The van der Waals surface area contributed by atoms with Crippen molar-refractivity contribution in [2.45, 2.75) is 44.6 Å². The third kappa shape index (κ3) is 5.49. The molecule has 1 aromatic carbocycles. The van der Waals surface area contributed by atoms with Gasteiger partial charge in [-0.15, -0.1) is 0 Å². The van der Waals surface area contributed by atoms with Crippen molar-refractivity contribution in [1.82, 2.24) is 9.80 Å². The molecule has 30 heavy (non-hydrogen) atoms. The standard InChI is InChI=1S/C23H34N4O2S/c28-22(18-27-13-5-6-21(27)23(29)26-14-16-30-17-15-26)24-19-7-9-20(10-8-19)25-11-3-1-2-4-12-25/h7-10,21H,1-6,11-18H2,(H,24,28). The Balaban J connectivity index is 1.29. The van der Waals surface area contributed by atoms with Gasteiger partial charge in [0.25, 0.3) is 0 Å². The van der Waals surface area contributed by atoms with Gasteiger partial charge in [-0.25, -0.2) is 0 Å². The molecule has 3 aliphatic rings. The number of hydrogen-bond acceptors (Lipinski definition) is 5. The van der Waals surface area contributed by atoms with Crippen molar-refractivity contribution >= 4 is 35.0 Å². The highest BCUT2D eigenvalue weighted by atomic mass is 32.2. The summed E-state index contributed by atoms with van der Waals surface area (Å²) in [5, 5.41) is 3.02. The Bertz CT molecular complexity index is 712. The first kappa shape index (κ1) is 21.5. The first-order valence-electron chi connectivity index (χ1n) is 11.5. The maximum Gasteiger partial charge on any atom is 0.239 e. The van der Waals surface area contributed by atoms with Crippen LogP contribution in [0.4, 0.5) is 11.4 Å². The lowest BCUT2D eigenvalue weighted by molar-refractivity contribution is -0.136. The maximum absolute atomic E-state index is 12.9. The number of carbonyl (C=O) groups is 2. The van der Waals surface area contributed by atoms with E-state index in [1.54, 1.807) is 0 Å². The molecule has 0 aromatic heterocycles. The van der Waals surface area contributed by atoms with E-state index in [1.165, 1.54) is 31.4 Å². The number of carbonyl (C=O) groups excluding carboxylic acids is 2. The van der Waals surface area contributed by atoms with E-state index < -0.39 is 0 Å². The minimum Gasteiger partial charge on any atom is -0.372 e. The molecule has 1 N–H and O–H groups in total. The van der Waals surface area contributed by atoms with E-state index in [1.807, 2.05) is 28.8 Å². The molecule has 1 unspecified atom stereocenters. The fourth-order valence-corrected chi connectivity index (χ4v) is 5.66. The summed E-state index contributed by atoms with van der Waals surface area (Å²) in [6, 6.07) is 8.07. The zero-order valence-corrected chi connectivity index (χ0v) is 18.7. The number of hydrogen-bond donors (Lipinski definition) is 1. The number of benzene rings is 1. The lowest BCUT2D eigenvalue weighted by Crippen LogP contribution is -2.49. The van der Waals surface area contributed by atoms with Gasteiger partial charge in [0.05, 0.1) is 12.6 Å².